The first-order chi connectivity index (χ1) is 8.93. The summed E-state index contributed by atoms with van der Waals surface area (Å²) in [7, 11) is 1.61. The maximum Gasteiger partial charge on any atom is 0.138 e. The number of aryl methyl sites for hydroxylation is 2. The molecule has 3 nitrogen and oxygen atoms in total. The van der Waals surface area contributed by atoms with Gasteiger partial charge in [0.05, 0.1) is 17.6 Å². The number of rotatable bonds is 3. The molecule has 1 atom stereocenters. The van der Waals surface area contributed by atoms with Crippen molar-refractivity contribution in [1.29, 1.82) is 0 Å². The van der Waals surface area contributed by atoms with Crippen molar-refractivity contribution in [2.45, 2.75) is 19.9 Å². The van der Waals surface area contributed by atoms with E-state index in [1.807, 2.05) is 26.0 Å². The van der Waals surface area contributed by atoms with Crippen molar-refractivity contribution in [1.82, 2.24) is 0 Å². The van der Waals surface area contributed by atoms with Crippen LogP contribution in [0.4, 0.5) is 0 Å². The van der Waals surface area contributed by atoms with Gasteiger partial charge in [-0.15, -0.1) is 0 Å². The van der Waals surface area contributed by atoms with Crippen LogP contribution in [0.5, 0.6) is 5.75 Å². The first-order valence-electron chi connectivity index (χ1n) is 5.79. The summed E-state index contributed by atoms with van der Waals surface area (Å²) in [5, 5.41) is 0.607. The topological polar surface area (TPSA) is 48.4 Å². The largest absolute Gasteiger partial charge is 0.495 e. The van der Waals surface area contributed by atoms with Crippen LogP contribution in [0.1, 0.15) is 28.7 Å². The number of methoxy groups -OCH3 is 1. The van der Waals surface area contributed by atoms with Crippen LogP contribution in [0.2, 0.25) is 5.02 Å². The van der Waals surface area contributed by atoms with Crippen molar-refractivity contribution < 1.29 is 9.15 Å². The van der Waals surface area contributed by atoms with Crippen molar-refractivity contribution in [2.75, 3.05) is 7.11 Å². The lowest BCUT2D eigenvalue weighted by molar-refractivity contribution is 0.405. The van der Waals surface area contributed by atoms with E-state index < -0.39 is 0 Å². The molecule has 1 aromatic carbocycles. The van der Waals surface area contributed by atoms with Gasteiger partial charge in [0, 0.05) is 16.1 Å². The average Bonchev–Trinajstić information content (AvgIpc) is 2.66. The van der Waals surface area contributed by atoms with Crippen molar-refractivity contribution in [3.8, 4) is 5.75 Å². The van der Waals surface area contributed by atoms with Crippen LogP contribution in [-0.4, -0.2) is 7.11 Å². The molecule has 0 bridgehead atoms. The number of nitrogens with two attached hydrogens (primary N) is 1. The summed E-state index contributed by atoms with van der Waals surface area (Å²) in [6.07, 6.45) is 0. The Morgan fingerprint density at radius 1 is 1.26 bits per heavy atom. The van der Waals surface area contributed by atoms with Crippen LogP contribution < -0.4 is 10.5 Å². The minimum atomic E-state index is -0.345. The number of ether oxygens (including phenoxy) is 1. The normalized spacial score (nSPS) is 12.5. The van der Waals surface area contributed by atoms with Crippen LogP contribution in [0.3, 0.4) is 0 Å². The second-order valence-corrected chi connectivity index (χ2v) is 5.65. The molecule has 0 amide bonds. The fourth-order valence-corrected chi connectivity index (χ4v) is 3.15. The molecule has 19 heavy (non-hydrogen) atoms. The van der Waals surface area contributed by atoms with Gasteiger partial charge in [-0.1, -0.05) is 11.6 Å². The van der Waals surface area contributed by atoms with Gasteiger partial charge in [-0.05, 0) is 48.0 Å². The highest BCUT2D eigenvalue weighted by molar-refractivity contribution is 9.10. The lowest BCUT2D eigenvalue weighted by Gasteiger charge is -2.17. The van der Waals surface area contributed by atoms with Crippen molar-refractivity contribution in [2.24, 2.45) is 5.73 Å². The smallest absolute Gasteiger partial charge is 0.138 e. The molecule has 102 valence electrons. The van der Waals surface area contributed by atoms with Crippen LogP contribution in [0, 0.1) is 13.8 Å². The Labute approximate surface area is 125 Å². The summed E-state index contributed by atoms with van der Waals surface area (Å²) in [6.45, 7) is 3.79. The van der Waals surface area contributed by atoms with Crippen molar-refractivity contribution >= 4 is 27.5 Å². The molecule has 0 saturated carbocycles. The zero-order valence-electron chi connectivity index (χ0n) is 11.0. The Morgan fingerprint density at radius 3 is 2.47 bits per heavy atom. The Morgan fingerprint density at radius 2 is 1.95 bits per heavy atom. The lowest BCUT2D eigenvalue weighted by atomic mass is 9.99. The van der Waals surface area contributed by atoms with Crippen molar-refractivity contribution in [3.63, 3.8) is 0 Å². The Kier molecular flexibility index (Phi) is 4.23. The van der Waals surface area contributed by atoms with Gasteiger partial charge < -0.3 is 14.9 Å². The molecule has 2 N–H and O–H groups in total. The second-order valence-electron chi connectivity index (χ2n) is 4.36. The predicted octanol–water partition coefficient (Wildman–Crippen LogP) is 4.37. The van der Waals surface area contributed by atoms with Gasteiger partial charge in [-0.3, -0.25) is 0 Å². The number of hydrogen-bond acceptors (Lipinski definition) is 3. The molecule has 0 radical (unpaired) electrons. The van der Waals surface area contributed by atoms with Gasteiger partial charge in [0.15, 0.2) is 0 Å². The van der Waals surface area contributed by atoms with Gasteiger partial charge in [0.1, 0.15) is 17.3 Å². The first-order valence-corrected chi connectivity index (χ1v) is 6.96. The van der Waals surface area contributed by atoms with Gasteiger partial charge in [-0.2, -0.15) is 0 Å². The van der Waals surface area contributed by atoms with Gasteiger partial charge in [-0.25, -0.2) is 0 Å². The maximum atomic E-state index is 6.33. The van der Waals surface area contributed by atoms with Gasteiger partial charge in [0.25, 0.3) is 0 Å². The standard InChI is InChI=1S/C14H15BrClNO2/c1-7-4-10(8(2)19-7)13(17)11-5-9(16)6-12(15)14(11)18-3/h4-6,13H,17H2,1-3H3. The Balaban J connectivity index is 2.55. The summed E-state index contributed by atoms with van der Waals surface area (Å²) in [4.78, 5) is 0. The number of hydrogen-bond donors (Lipinski definition) is 1. The van der Waals surface area contributed by atoms with E-state index in [4.69, 9.17) is 26.5 Å². The van der Waals surface area contributed by atoms with E-state index in [-0.39, 0.29) is 6.04 Å². The average molecular weight is 345 g/mol. The fraction of sp³-hybridized carbons (Fsp3) is 0.286. The molecule has 0 aliphatic heterocycles. The third-order valence-electron chi connectivity index (χ3n) is 2.99. The molecule has 0 fully saturated rings. The highest BCUT2D eigenvalue weighted by atomic mass is 79.9. The molecule has 0 saturated heterocycles. The minimum Gasteiger partial charge on any atom is -0.495 e. The van der Waals surface area contributed by atoms with Crippen LogP contribution in [-0.2, 0) is 0 Å². The molecule has 2 rings (SSSR count). The first kappa shape index (κ1) is 14.4. The zero-order valence-corrected chi connectivity index (χ0v) is 13.3. The molecule has 0 aliphatic carbocycles. The van der Waals surface area contributed by atoms with E-state index in [0.717, 1.165) is 27.1 Å². The molecule has 1 unspecified atom stereocenters. The quantitative estimate of drug-likeness (QED) is 0.899. The summed E-state index contributed by atoms with van der Waals surface area (Å²) in [5.41, 5.74) is 8.09. The van der Waals surface area contributed by atoms with Crippen LogP contribution >= 0.6 is 27.5 Å². The Bertz CT molecular complexity index is 610. The van der Waals surface area contributed by atoms with E-state index in [2.05, 4.69) is 15.9 Å². The Hall–Kier alpha value is -0.970. The molecule has 1 aromatic heterocycles. The predicted molar refractivity (Wildman–Crippen MR) is 79.9 cm³/mol. The lowest BCUT2D eigenvalue weighted by Crippen LogP contribution is -2.13. The van der Waals surface area contributed by atoms with Crippen LogP contribution in [0.25, 0.3) is 0 Å². The van der Waals surface area contributed by atoms with Crippen LogP contribution in [0.15, 0.2) is 27.1 Å². The summed E-state index contributed by atoms with van der Waals surface area (Å²) in [5.74, 6) is 2.33. The molecular weight excluding hydrogens is 330 g/mol. The highest BCUT2D eigenvalue weighted by Crippen LogP contribution is 2.38. The molecular formula is C14H15BrClNO2. The number of furan rings is 1. The third-order valence-corrected chi connectivity index (χ3v) is 3.80. The maximum absolute atomic E-state index is 6.33. The summed E-state index contributed by atoms with van der Waals surface area (Å²) >= 11 is 9.53. The van der Waals surface area contributed by atoms with E-state index in [0.29, 0.717) is 10.8 Å². The number of halogens is 2. The van der Waals surface area contributed by atoms with E-state index in [9.17, 15) is 0 Å². The summed E-state index contributed by atoms with van der Waals surface area (Å²) < 4.78 is 11.7. The van der Waals surface area contributed by atoms with E-state index >= 15 is 0 Å². The van der Waals surface area contributed by atoms with Gasteiger partial charge >= 0.3 is 0 Å². The number of benzene rings is 1. The second kappa shape index (κ2) is 5.57. The van der Waals surface area contributed by atoms with E-state index in [1.54, 1.807) is 13.2 Å². The highest BCUT2D eigenvalue weighted by Gasteiger charge is 2.21. The minimum absolute atomic E-state index is 0.345. The summed E-state index contributed by atoms with van der Waals surface area (Å²) in [6, 6.07) is 5.19. The third kappa shape index (κ3) is 2.81. The van der Waals surface area contributed by atoms with E-state index in [1.165, 1.54) is 0 Å². The molecule has 1 heterocycles. The molecule has 0 aliphatic rings. The van der Waals surface area contributed by atoms with Crippen molar-refractivity contribution in [3.05, 3.63) is 50.3 Å². The molecule has 0 spiro atoms. The molecule has 5 heteroatoms. The zero-order chi connectivity index (χ0) is 14.2. The fourth-order valence-electron chi connectivity index (χ4n) is 2.15. The SMILES string of the molecule is COc1c(Br)cc(Cl)cc1C(N)c1cc(C)oc1C. The van der Waals surface area contributed by atoms with Gasteiger partial charge in [0.2, 0.25) is 0 Å². The monoisotopic (exact) mass is 343 g/mol. The molecule has 2 aromatic rings.